The molecule has 1 saturated carbocycles. The Morgan fingerprint density at radius 2 is 1.81 bits per heavy atom. The van der Waals surface area contributed by atoms with Gasteiger partial charge in [0, 0.05) is 24.4 Å². The highest BCUT2D eigenvalue weighted by Gasteiger charge is 2.34. The van der Waals surface area contributed by atoms with E-state index in [9.17, 15) is 4.79 Å². The second-order valence-corrected chi connectivity index (χ2v) is 6.29. The van der Waals surface area contributed by atoms with Gasteiger partial charge in [-0.3, -0.25) is 4.79 Å². The van der Waals surface area contributed by atoms with E-state index in [4.69, 9.17) is 5.73 Å². The molecule has 1 saturated heterocycles. The van der Waals surface area contributed by atoms with Crippen molar-refractivity contribution in [3.63, 3.8) is 0 Å². The normalized spacial score (nSPS) is 25.8. The summed E-state index contributed by atoms with van der Waals surface area (Å²) in [5.74, 6) is 0.907. The third-order valence-electron chi connectivity index (χ3n) is 4.88. The zero-order chi connectivity index (χ0) is 14.7. The van der Waals surface area contributed by atoms with E-state index in [-0.39, 0.29) is 5.91 Å². The van der Waals surface area contributed by atoms with Crippen LogP contribution in [0.5, 0.6) is 0 Å². The highest BCUT2D eigenvalue weighted by Crippen LogP contribution is 2.35. The molecule has 2 N–H and O–H groups in total. The molecule has 3 nitrogen and oxygen atoms in total. The zero-order valence-corrected chi connectivity index (χ0v) is 12.5. The Kier molecular flexibility index (Phi) is 4.28. The molecule has 1 amide bonds. The van der Waals surface area contributed by atoms with E-state index >= 15 is 0 Å². The minimum atomic E-state index is 0.170. The molecule has 3 heteroatoms. The predicted molar refractivity (Wildman–Crippen MR) is 86.6 cm³/mol. The molecule has 1 heterocycles. The number of piperidine rings is 1. The summed E-state index contributed by atoms with van der Waals surface area (Å²) in [5, 5.41) is 0. The van der Waals surface area contributed by atoms with E-state index in [1.54, 1.807) is 6.08 Å². The molecule has 0 aromatic heterocycles. The van der Waals surface area contributed by atoms with Crippen molar-refractivity contribution < 1.29 is 4.79 Å². The number of anilines is 1. The number of carbonyl (C=O) groups excluding carboxylic acids is 1. The van der Waals surface area contributed by atoms with Gasteiger partial charge in [-0.15, -0.1) is 0 Å². The quantitative estimate of drug-likeness (QED) is 0.667. The Bertz CT molecular complexity index is 519. The molecule has 0 bridgehead atoms. The Morgan fingerprint density at radius 3 is 2.62 bits per heavy atom. The smallest absolute Gasteiger partial charge is 0.246 e. The Hall–Kier alpha value is -1.77. The number of nitrogens with two attached hydrogens (primary N) is 1. The van der Waals surface area contributed by atoms with E-state index in [2.05, 4.69) is 4.90 Å². The summed E-state index contributed by atoms with van der Waals surface area (Å²) >= 11 is 0. The first-order valence-corrected chi connectivity index (χ1v) is 8.08. The molecule has 21 heavy (non-hydrogen) atoms. The summed E-state index contributed by atoms with van der Waals surface area (Å²) < 4.78 is 0. The highest BCUT2D eigenvalue weighted by atomic mass is 16.2. The topological polar surface area (TPSA) is 46.3 Å². The maximum Gasteiger partial charge on any atom is 0.246 e. The van der Waals surface area contributed by atoms with Crippen LogP contribution in [-0.4, -0.2) is 23.4 Å². The number of likely N-dealkylation sites (tertiary alicyclic amines) is 1. The molecule has 2 aliphatic rings. The molecule has 2 fully saturated rings. The highest BCUT2D eigenvalue weighted by molar-refractivity contribution is 5.92. The van der Waals surface area contributed by atoms with Crippen LogP contribution >= 0.6 is 0 Å². The maximum atomic E-state index is 12.5. The number of carbonyl (C=O) groups is 1. The van der Waals surface area contributed by atoms with Gasteiger partial charge in [0.1, 0.15) is 0 Å². The van der Waals surface area contributed by atoms with Gasteiger partial charge in [-0.05, 0) is 55.4 Å². The average Bonchev–Trinajstić information content (AvgIpc) is 2.53. The number of hydrogen-bond donors (Lipinski definition) is 1. The van der Waals surface area contributed by atoms with Gasteiger partial charge in [0.05, 0.1) is 0 Å². The van der Waals surface area contributed by atoms with Crippen LogP contribution in [0.1, 0.15) is 44.1 Å². The molecule has 1 aromatic carbocycles. The van der Waals surface area contributed by atoms with Crippen LogP contribution in [0.25, 0.3) is 6.08 Å². The van der Waals surface area contributed by atoms with Gasteiger partial charge in [0.15, 0.2) is 0 Å². The molecule has 1 aliphatic carbocycles. The Morgan fingerprint density at radius 1 is 1.10 bits per heavy atom. The first kappa shape index (κ1) is 14.2. The third-order valence-corrected chi connectivity index (χ3v) is 4.88. The first-order valence-electron chi connectivity index (χ1n) is 8.08. The van der Waals surface area contributed by atoms with E-state index in [0.29, 0.717) is 6.04 Å². The van der Waals surface area contributed by atoms with Crippen LogP contribution in [0.4, 0.5) is 5.69 Å². The van der Waals surface area contributed by atoms with Crippen molar-refractivity contribution in [1.82, 2.24) is 4.90 Å². The summed E-state index contributed by atoms with van der Waals surface area (Å²) in [4.78, 5) is 14.6. The van der Waals surface area contributed by atoms with E-state index in [1.165, 1.54) is 32.1 Å². The zero-order valence-electron chi connectivity index (χ0n) is 12.5. The van der Waals surface area contributed by atoms with Crippen molar-refractivity contribution in [2.75, 3.05) is 12.3 Å². The molecular weight excluding hydrogens is 260 g/mol. The van der Waals surface area contributed by atoms with Crippen molar-refractivity contribution in [2.24, 2.45) is 5.92 Å². The lowest BCUT2D eigenvalue weighted by molar-refractivity contribution is -0.132. The van der Waals surface area contributed by atoms with Crippen LogP contribution in [0.15, 0.2) is 30.3 Å². The fraction of sp³-hybridized carbons (Fsp3) is 0.500. The van der Waals surface area contributed by atoms with Crippen molar-refractivity contribution in [2.45, 2.75) is 44.6 Å². The number of hydrogen-bond acceptors (Lipinski definition) is 2. The molecule has 2 atom stereocenters. The minimum Gasteiger partial charge on any atom is -0.399 e. The van der Waals surface area contributed by atoms with Crippen LogP contribution in [0, 0.1) is 5.92 Å². The van der Waals surface area contributed by atoms with Crippen molar-refractivity contribution >= 4 is 17.7 Å². The molecule has 1 aliphatic heterocycles. The SMILES string of the molecule is Nc1ccc(/C=C/C(=O)N2CCC[C@H]3CCCC[C@H]32)cc1. The standard InChI is InChI=1S/C18H24N2O/c19-16-10-7-14(8-11-16)9-12-18(21)20-13-3-5-15-4-1-2-6-17(15)20/h7-12,15,17H,1-6,13,19H2/b12-9+/t15-,17-/m1/s1. The predicted octanol–water partition coefficient (Wildman–Crippen LogP) is 3.46. The van der Waals surface area contributed by atoms with Crippen LogP contribution in [0.2, 0.25) is 0 Å². The molecule has 1 aromatic rings. The number of benzene rings is 1. The monoisotopic (exact) mass is 284 g/mol. The lowest BCUT2D eigenvalue weighted by Crippen LogP contribution is -2.49. The van der Waals surface area contributed by atoms with Crippen molar-refractivity contribution in [1.29, 1.82) is 0 Å². The largest absolute Gasteiger partial charge is 0.399 e. The van der Waals surface area contributed by atoms with Gasteiger partial charge in [-0.2, -0.15) is 0 Å². The number of fused-ring (bicyclic) bond motifs is 1. The van der Waals surface area contributed by atoms with Gasteiger partial charge in [-0.1, -0.05) is 25.0 Å². The van der Waals surface area contributed by atoms with Gasteiger partial charge >= 0.3 is 0 Å². The van der Waals surface area contributed by atoms with Crippen molar-refractivity contribution in [3.8, 4) is 0 Å². The van der Waals surface area contributed by atoms with Gasteiger partial charge in [-0.25, -0.2) is 0 Å². The van der Waals surface area contributed by atoms with Crippen LogP contribution < -0.4 is 5.73 Å². The summed E-state index contributed by atoms with van der Waals surface area (Å²) in [6.07, 6.45) is 11.2. The summed E-state index contributed by atoms with van der Waals surface area (Å²) in [7, 11) is 0. The summed E-state index contributed by atoms with van der Waals surface area (Å²) in [5.41, 5.74) is 7.45. The van der Waals surface area contributed by atoms with E-state index < -0.39 is 0 Å². The lowest BCUT2D eigenvalue weighted by atomic mass is 9.78. The number of rotatable bonds is 2. The van der Waals surface area contributed by atoms with Gasteiger partial charge in [0.2, 0.25) is 5.91 Å². The lowest BCUT2D eigenvalue weighted by Gasteiger charge is -2.43. The second kappa shape index (κ2) is 6.33. The molecule has 0 spiro atoms. The minimum absolute atomic E-state index is 0.170. The number of nitrogen functional groups attached to an aromatic ring is 1. The van der Waals surface area contributed by atoms with E-state index in [1.807, 2.05) is 30.3 Å². The van der Waals surface area contributed by atoms with Crippen LogP contribution in [0.3, 0.4) is 0 Å². The Labute approximate surface area is 126 Å². The van der Waals surface area contributed by atoms with E-state index in [0.717, 1.165) is 30.1 Å². The number of amides is 1. The summed E-state index contributed by atoms with van der Waals surface area (Å²) in [6.45, 7) is 0.923. The van der Waals surface area contributed by atoms with Gasteiger partial charge in [0.25, 0.3) is 0 Å². The van der Waals surface area contributed by atoms with Gasteiger partial charge < -0.3 is 10.6 Å². The molecule has 112 valence electrons. The molecule has 0 radical (unpaired) electrons. The molecule has 3 rings (SSSR count). The number of nitrogens with zero attached hydrogens (tertiary/aromatic N) is 1. The average molecular weight is 284 g/mol. The fourth-order valence-corrected chi connectivity index (χ4v) is 3.77. The third kappa shape index (κ3) is 3.29. The second-order valence-electron chi connectivity index (χ2n) is 6.29. The molecule has 0 unspecified atom stereocenters. The van der Waals surface area contributed by atoms with Crippen molar-refractivity contribution in [3.05, 3.63) is 35.9 Å². The summed E-state index contributed by atoms with van der Waals surface area (Å²) in [6, 6.07) is 8.10. The maximum absolute atomic E-state index is 12.5. The first-order chi connectivity index (χ1) is 10.2. The fourth-order valence-electron chi connectivity index (χ4n) is 3.77. The van der Waals surface area contributed by atoms with Crippen LogP contribution in [-0.2, 0) is 4.79 Å². The Balaban J connectivity index is 1.67. The molecular formula is C18H24N2O.